The minimum Gasteiger partial charge on any atom is -0.494 e. The maximum absolute atomic E-state index is 9.26. The fourth-order valence-electron chi connectivity index (χ4n) is 3.54. The average Bonchev–Trinajstić information content (AvgIpc) is 3.28. The Balaban J connectivity index is 1.38. The van der Waals surface area contributed by atoms with Crippen molar-refractivity contribution in [3.05, 3.63) is 59.0 Å². The van der Waals surface area contributed by atoms with Crippen molar-refractivity contribution in [1.82, 2.24) is 4.98 Å². The quantitative estimate of drug-likeness (QED) is 0.0974. The molecule has 35 heavy (non-hydrogen) atoms. The van der Waals surface area contributed by atoms with E-state index in [2.05, 4.69) is 23.9 Å². The van der Waals surface area contributed by atoms with Gasteiger partial charge < -0.3 is 30.4 Å². The van der Waals surface area contributed by atoms with Crippen LogP contribution in [0.4, 0.5) is 5.13 Å². The number of unbranched alkanes of at least 4 members (excludes halogenated alkanes) is 2. The predicted octanol–water partition coefficient (Wildman–Crippen LogP) is 4.66. The molecule has 0 aliphatic rings. The first-order valence-corrected chi connectivity index (χ1v) is 12.6. The van der Waals surface area contributed by atoms with Crippen LogP contribution < -0.4 is 20.1 Å². The molecule has 0 saturated heterocycles. The molecule has 3 rings (SSSR count). The summed E-state index contributed by atoms with van der Waals surface area (Å²) in [4.78, 5) is 8.05. The lowest BCUT2D eigenvalue weighted by Gasteiger charge is -2.17. The minimum absolute atomic E-state index is 0.0797. The van der Waals surface area contributed by atoms with Crippen LogP contribution in [-0.2, 0) is 0 Å². The second-order valence-electron chi connectivity index (χ2n) is 8.00. The second kappa shape index (κ2) is 13.6. The van der Waals surface area contributed by atoms with E-state index < -0.39 is 0 Å². The summed E-state index contributed by atoms with van der Waals surface area (Å²) in [5.74, 6) is 1.68. The Morgan fingerprint density at radius 2 is 1.60 bits per heavy atom. The molecule has 0 aliphatic heterocycles. The Morgan fingerprint density at radius 3 is 2.14 bits per heavy atom. The van der Waals surface area contributed by atoms with Gasteiger partial charge in [0.2, 0.25) is 0 Å². The number of oxime groups is 1. The van der Waals surface area contributed by atoms with Crippen molar-refractivity contribution in [2.24, 2.45) is 10.9 Å². The summed E-state index contributed by atoms with van der Waals surface area (Å²) >= 11 is 1.65. The van der Waals surface area contributed by atoms with E-state index in [0.29, 0.717) is 25.3 Å². The number of ether oxygens (including phenoxy) is 2. The van der Waals surface area contributed by atoms with E-state index >= 15 is 0 Å². The summed E-state index contributed by atoms with van der Waals surface area (Å²) in [5.41, 5.74) is 8.25. The smallest absolute Gasteiger partial charge is 0.186 e. The fraction of sp³-hybridized carbons (Fsp3) is 0.385. The largest absolute Gasteiger partial charge is 0.494 e. The van der Waals surface area contributed by atoms with Crippen LogP contribution in [0.25, 0.3) is 11.3 Å². The van der Waals surface area contributed by atoms with Crippen LogP contribution in [0.5, 0.6) is 11.5 Å². The fourth-order valence-corrected chi connectivity index (χ4v) is 4.57. The van der Waals surface area contributed by atoms with Gasteiger partial charge in [0.05, 0.1) is 25.5 Å². The Bertz CT molecular complexity index is 1070. The molecule has 0 atom stereocenters. The first-order chi connectivity index (χ1) is 17.0. The van der Waals surface area contributed by atoms with Crippen LogP contribution in [0.3, 0.4) is 0 Å². The lowest BCUT2D eigenvalue weighted by atomic mass is 10.1. The molecule has 0 fully saturated rings. The van der Waals surface area contributed by atoms with Gasteiger partial charge in [-0.25, -0.2) is 4.98 Å². The first-order valence-electron chi connectivity index (χ1n) is 11.8. The van der Waals surface area contributed by atoms with Gasteiger partial charge in [0.25, 0.3) is 0 Å². The summed E-state index contributed by atoms with van der Waals surface area (Å²) in [7, 11) is 0. The van der Waals surface area contributed by atoms with Gasteiger partial charge in [-0.3, -0.25) is 0 Å². The van der Waals surface area contributed by atoms with Crippen molar-refractivity contribution in [3.63, 3.8) is 0 Å². The number of nitrogens with two attached hydrogens (primary N) is 1. The molecule has 1 aromatic heterocycles. The van der Waals surface area contributed by atoms with E-state index in [4.69, 9.17) is 25.4 Å². The number of aliphatic hydroxyl groups is 1. The van der Waals surface area contributed by atoms with Crippen molar-refractivity contribution in [2.75, 3.05) is 37.8 Å². The van der Waals surface area contributed by atoms with Crippen molar-refractivity contribution in [2.45, 2.75) is 33.1 Å². The molecule has 2 aromatic carbocycles. The molecule has 0 unspecified atom stereocenters. The van der Waals surface area contributed by atoms with E-state index in [1.54, 1.807) is 23.5 Å². The third-order valence-corrected chi connectivity index (χ3v) is 6.55. The molecule has 188 valence electrons. The number of hydrogen-bond acceptors (Lipinski definition) is 8. The molecule has 0 amide bonds. The van der Waals surface area contributed by atoms with Gasteiger partial charge in [0, 0.05) is 29.1 Å². The Kier molecular flexibility index (Phi) is 10.2. The number of nitrogens with zero attached hydrogens (tertiary/aromatic N) is 3. The Labute approximate surface area is 210 Å². The summed E-state index contributed by atoms with van der Waals surface area (Å²) in [5, 5.41) is 21.9. The Hall–Kier alpha value is -3.30. The molecule has 0 bridgehead atoms. The second-order valence-corrected chi connectivity index (χ2v) is 9.18. The highest BCUT2D eigenvalue weighted by molar-refractivity contribution is 7.16. The van der Waals surface area contributed by atoms with E-state index in [1.165, 1.54) is 0 Å². The number of amidine groups is 1. The van der Waals surface area contributed by atoms with Crippen LogP contribution in [0.1, 0.15) is 36.6 Å². The van der Waals surface area contributed by atoms with Crippen LogP contribution in [0.2, 0.25) is 0 Å². The molecule has 0 aliphatic carbocycles. The molecule has 0 saturated carbocycles. The van der Waals surface area contributed by atoms with Gasteiger partial charge in [-0.1, -0.05) is 5.16 Å². The van der Waals surface area contributed by atoms with Gasteiger partial charge in [0.15, 0.2) is 11.0 Å². The highest BCUT2D eigenvalue weighted by atomic mass is 32.1. The SMILES string of the molecule is CCN(CCO)c1nc(-c2ccc(OCCCCCOc3ccc(C(N)=NO)cc3)cc2)c(C)s1. The van der Waals surface area contributed by atoms with E-state index in [9.17, 15) is 5.11 Å². The number of aromatic nitrogens is 1. The topological polar surface area (TPSA) is 113 Å². The standard InChI is InChI=1S/C26H34N4O4S/c1-3-30(15-16-31)26-28-24(19(2)35-26)20-7-11-22(12-8-20)33-17-5-4-6-18-34-23-13-9-21(10-14-23)25(27)29-32/h7-14,31-32H,3-6,15-18H2,1-2H3,(H2,27,29). The summed E-state index contributed by atoms with van der Waals surface area (Å²) in [6.07, 6.45) is 2.88. The number of rotatable bonds is 14. The van der Waals surface area contributed by atoms with Crippen molar-refractivity contribution in [1.29, 1.82) is 0 Å². The zero-order valence-corrected chi connectivity index (χ0v) is 21.1. The molecule has 0 spiro atoms. The van der Waals surface area contributed by atoms with E-state index in [1.807, 2.05) is 36.4 Å². The molecule has 4 N–H and O–H groups in total. The van der Waals surface area contributed by atoms with Crippen molar-refractivity contribution in [3.8, 4) is 22.8 Å². The number of aliphatic hydroxyl groups excluding tert-OH is 1. The van der Waals surface area contributed by atoms with Gasteiger partial charge >= 0.3 is 0 Å². The normalized spacial score (nSPS) is 11.5. The lowest BCUT2D eigenvalue weighted by Crippen LogP contribution is -2.25. The van der Waals surface area contributed by atoms with Crippen molar-refractivity contribution >= 4 is 22.3 Å². The predicted molar refractivity (Wildman–Crippen MR) is 141 cm³/mol. The van der Waals surface area contributed by atoms with Crippen LogP contribution in [-0.4, -0.2) is 54.0 Å². The van der Waals surface area contributed by atoms with Crippen LogP contribution >= 0.6 is 11.3 Å². The summed E-state index contributed by atoms with van der Waals surface area (Å²) in [6.45, 7) is 6.94. The first kappa shape index (κ1) is 26.3. The highest BCUT2D eigenvalue weighted by Gasteiger charge is 2.14. The number of likely N-dealkylation sites (N-methyl/N-ethyl adjacent to an activating group) is 1. The monoisotopic (exact) mass is 498 g/mol. The Morgan fingerprint density at radius 1 is 1.00 bits per heavy atom. The number of thiazole rings is 1. The van der Waals surface area contributed by atoms with Gasteiger partial charge in [0.1, 0.15) is 11.5 Å². The zero-order valence-electron chi connectivity index (χ0n) is 20.3. The average molecular weight is 499 g/mol. The molecule has 0 radical (unpaired) electrons. The van der Waals surface area contributed by atoms with Crippen LogP contribution in [0, 0.1) is 6.92 Å². The van der Waals surface area contributed by atoms with Gasteiger partial charge in [-0.05, 0) is 81.6 Å². The third-order valence-electron chi connectivity index (χ3n) is 5.52. The third kappa shape index (κ3) is 7.60. The lowest BCUT2D eigenvalue weighted by molar-refractivity contribution is 0.279. The molecule has 3 aromatic rings. The number of hydrogen-bond donors (Lipinski definition) is 3. The zero-order chi connectivity index (χ0) is 25.0. The molecular formula is C26H34N4O4S. The van der Waals surface area contributed by atoms with Gasteiger partial charge in [-0.2, -0.15) is 0 Å². The summed E-state index contributed by atoms with van der Waals surface area (Å²) in [6, 6.07) is 15.2. The van der Waals surface area contributed by atoms with Crippen molar-refractivity contribution < 1.29 is 19.8 Å². The molecule has 9 heteroatoms. The number of benzene rings is 2. The molecular weight excluding hydrogens is 464 g/mol. The van der Waals surface area contributed by atoms with E-state index in [-0.39, 0.29) is 12.4 Å². The number of anilines is 1. The van der Waals surface area contributed by atoms with Crippen LogP contribution in [0.15, 0.2) is 53.7 Å². The summed E-state index contributed by atoms with van der Waals surface area (Å²) < 4.78 is 11.6. The van der Waals surface area contributed by atoms with Gasteiger partial charge in [-0.15, -0.1) is 11.3 Å². The molecule has 1 heterocycles. The maximum atomic E-state index is 9.26. The van der Waals surface area contributed by atoms with E-state index in [0.717, 1.165) is 58.6 Å². The minimum atomic E-state index is 0.0797. The maximum Gasteiger partial charge on any atom is 0.186 e. The number of aryl methyl sites for hydroxylation is 1. The molecule has 8 nitrogen and oxygen atoms in total. The highest BCUT2D eigenvalue weighted by Crippen LogP contribution is 2.33.